The third-order valence-electron chi connectivity index (χ3n) is 1.39. The molecule has 0 aromatic heterocycles. The summed E-state index contributed by atoms with van der Waals surface area (Å²) in [7, 11) is 0.734. The van der Waals surface area contributed by atoms with Gasteiger partial charge < -0.3 is 4.52 Å². The first-order chi connectivity index (χ1) is 5.00. The Morgan fingerprint density at radius 3 is 1.64 bits per heavy atom. The van der Waals surface area contributed by atoms with E-state index in [1.807, 2.05) is 0 Å². The lowest BCUT2D eigenvalue weighted by Gasteiger charge is -2.32. The van der Waals surface area contributed by atoms with E-state index in [0.29, 0.717) is 12.1 Å². The van der Waals surface area contributed by atoms with Crippen molar-refractivity contribution in [2.45, 2.75) is 39.8 Å². The van der Waals surface area contributed by atoms with Crippen molar-refractivity contribution in [3.63, 3.8) is 0 Å². The predicted octanol–water partition coefficient (Wildman–Crippen LogP) is 3.22. The van der Waals surface area contributed by atoms with Gasteiger partial charge in [-0.2, -0.15) is 0 Å². The molecule has 1 atom stereocenters. The summed E-state index contributed by atoms with van der Waals surface area (Å²) < 4.78 is 7.25. The minimum atomic E-state index is -0.915. The van der Waals surface area contributed by atoms with Gasteiger partial charge in [0, 0.05) is 19.2 Å². The SMILES string of the molecule is CO[P@](Cl)N(C(C)C)C(C)C. The average Bonchev–Trinajstić information content (AvgIpc) is 1.85. The van der Waals surface area contributed by atoms with Gasteiger partial charge in [0.2, 0.25) is 7.65 Å². The molecule has 0 saturated heterocycles. The molecule has 68 valence electrons. The Bertz CT molecular complexity index is 103. The topological polar surface area (TPSA) is 12.5 Å². The van der Waals surface area contributed by atoms with Gasteiger partial charge in [0.25, 0.3) is 0 Å². The molecule has 0 fully saturated rings. The summed E-state index contributed by atoms with van der Waals surface area (Å²) in [5.74, 6) is 0. The van der Waals surface area contributed by atoms with Gasteiger partial charge >= 0.3 is 0 Å². The molecule has 0 aliphatic heterocycles. The van der Waals surface area contributed by atoms with Crippen molar-refractivity contribution in [3.8, 4) is 0 Å². The highest BCUT2D eigenvalue weighted by Crippen LogP contribution is 2.48. The maximum Gasteiger partial charge on any atom is 0.206 e. The summed E-state index contributed by atoms with van der Waals surface area (Å²) >= 11 is 5.99. The fraction of sp³-hybridized carbons (Fsp3) is 1.00. The molecule has 0 N–H and O–H groups in total. The molecule has 0 unspecified atom stereocenters. The van der Waals surface area contributed by atoms with Crippen molar-refractivity contribution in [3.05, 3.63) is 0 Å². The standard InChI is InChI=1S/C7H17ClNOP/c1-6(2)9(7(3)4)11(8)10-5/h6-7H,1-5H3/t11-/m1/s1. The van der Waals surface area contributed by atoms with E-state index in [0.717, 1.165) is 0 Å². The van der Waals surface area contributed by atoms with Crippen LogP contribution in [0.3, 0.4) is 0 Å². The molecular weight excluding hydrogens is 181 g/mol. The summed E-state index contributed by atoms with van der Waals surface area (Å²) in [5.41, 5.74) is 0. The first kappa shape index (κ1) is 11.6. The highest BCUT2D eigenvalue weighted by atomic mass is 35.7. The molecular formula is C7H17ClNOP. The third kappa shape index (κ3) is 3.71. The van der Waals surface area contributed by atoms with Crippen molar-refractivity contribution in [1.82, 2.24) is 4.67 Å². The van der Waals surface area contributed by atoms with Crippen LogP contribution in [0, 0.1) is 0 Å². The van der Waals surface area contributed by atoms with Gasteiger partial charge in [0.15, 0.2) is 0 Å². The molecule has 0 rings (SSSR count). The van der Waals surface area contributed by atoms with Gasteiger partial charge in [-0.1, -0.05) is 0 Å². The summed E-state index contributed by atoms with van der Waals surface area (Å²) in [6.07, 6.45) is 0. The monoisotopic (exact) mass is 197 g/mol. The maximum atomic E-state index is 5.99. The fourth-order valence-corrected chi connectivity index (χ4v) is 3.02. The van der Waals surface area contributed by atoms with Gasteiger partial charge in [-0.05, 0) is 38.9 Å². The van der Waals surface area contributed by atoms with Gasteiger partial charge in [-0.3, -0.25) is 0 Å². The molecule has 0 aromatic carbocycles. The third-order valence-corrected chi connectivity index (χ3v) is 3.92. The molecule has 4 heteroatoms. The van der Waals surface area contributed by atoms with Crippen LogP contribution in [0.15, 0.2) is 0 Å². The lowest BCUT2D eigenvalue weighted by atomic mass is 10.3. The summed E-state index contributed by atoms with van der Waals surface area (Å²) in [5, 5.41) is 0. The van der Waals surface area contributed by atoms with E-state index in [9.17, 15) is 0 Å². The normalized spacial score (nSPS) is 15.0. The lowest BCUT2D eigenvalue weighted by molar-refractivity contribution is 0.288. The summed E-state index contributed by atoms with van der Waals surface area (Å²) in [6.45, 7) is 8.49. The molecule has 2 nitrogen and oxygen atoms in total. The quantitative estimate of drug-likeness (QED) is 0.642. The summed E-state index contributed by atoms with van der Waals surface area (Å²) in [4.78, 5) is 0. The molecule has 0 radical (unpaired) electrons. The van der Waals surface area contributed by atoms with Crippen molar-refractivity contribution in [1.29, 1.82) is 0 Å². The van der Waals surface area contributed by atoms with Gasteiger partial charge in [0.05, 0.1) is 0 Å². The number of nitrogens with zero attached hydrogens (tertiary/aromatic N) is 1. The smallest absolute Gasteiger partial charge is 0.206 e. The number of hydrogen-bond donors (Lipinski definition) is 0. The number of halogens is 1. The Morgan fingerprint density at radius 2 is 1.55 bits per heavy atom. The molecule has 11 heavy (non-hydrogen) atoms. The van der Waals surface area contributed by atoms with Crippen LogP contribution in [0.5, 0.6) is 0 Å². The zero-order chi connectivity index (χ0) is 9.02. The Kier molecular flexibility index (Phi) is 5.62. The van der Waals surface area contributed by atoms with Crippen LogP contribution >= 0.6 is 18.9 Å². The second-order valence-electron chi connectivity index (χ2n) is 2.98. The maximum absolute atomic E-state index is 5.99. The van der Waals surface area contributed by atoms with Gasteiger partial charge in [0.1, 0.15) is 0 Å². The van der Waals surface area contributed by atoms with Crippen LogP contribution < -0.4 is 0 Å². The second kappa shape index (κ2) is 5.31. The van der Waals surface area contributed by atoms with Crippen molar-refractivity contribution in [2.24, 2.45) is 0 Å². The minimum absolute atomic E-state index is 0.443. The lowest BCUT2D eigenvalue weighted by Crippen LogP contribution is -2.31. The average molecular weight is 198 g/mol. The van der Waals surface area contributed by atoms with E-state index >= 15 is 0 Å². The van der Waals surface area contributed by atoms with Gasteiger partial charge in [-0.25, -0.2) is 4.67 Å². The highest BCUT2D eigenvalue weighted by molar-refractivity contribution is 7.78. The van der Waals surface area contributed by atoms with Crippen LogP contribution in [0.4, 0.5) is 0 Å². The van der Waals surface area contributed by atoms with Crippen molar-refractivity contribution < 1.29 is 4.52 Å². The van der Waals surface area contributed by atoms with E-state index in [2.05, 4.69) is 32.4 Å². The van der Waals surface area contributed by atoms with E-state index in [4.69, 9.17) is 15.8 Å². The zero-order valence-corrected chi connectivity index (χ0v) is 9.49. The van der Waals surface area contributed by atoms with E-state index in [1.165, 1.54) is 0 Å². The minimum Gasteiger partial charge on any atom is -0.335 e. The van der Waals surface area contributed by atoms with E-state index in [-0.39, 0.29) is 0 Å². The molecule has 0 heterocycles. The van der Waals surface area contributed by atoms with Crippen LogP contribution in [0.2, 0.25) is 0 Å². The molecule has 0 aromatic rings. The van der Waals surface area contributed by atoms with Gasteiger partial charge in [-0.15, -0.1) is 0 Å². The molecule has 0 aliphatic rings. The zero-order valence-electron chi connectivity index (χ0n) is 7.84. The van der Waals surface area contributed by atoms with Crippen molar-refractivity contribution in [2.75, 3.05) is 7.11 Å². The second-order valence-corrected chi connectivity index (χ2v) is 5.12. The van der Waals surface area contributed by atoms with Crippen molar-refractivity contribution >= 4 is 18.9 Å². The van der Waals surface area contributed by atoms with E-state index in [1.54, 1.807) is 7.11 Å². The van der Waals surface area contributed by atoms with E-state index < -0.39 is 7.65 Å². The molecule has 0 aliphatic carbocycles. The summed E-state index contributed by atoms with van der Waals surface area (Å²) in [6, 6.07) is 0.886. The first-order valence-corrected chi connectivity index (χ1v) is 5.90. The molecule has 0 saturated carbocycles. The van der Waals surface area contributed by atoms with Crippen LogP contribution in [-0.4, -0.2) is 23.9 Å². The largest absolute Gasteiger partial charge is 0.335 e. The number of hydrogen-bond acceptors (Lipinski definition) is 2. The molecule has 0 bridgehead atoms. The Balaban J connectivity index is 4.09. The molecule has 0 spiro atoms. The van der Waals surface area contributed by atoms with Crippen LogP contribution in [0.25, 0.3) is 0 Å². The Labute approximate surface area is 75.5 Å². The predicted molar refractivity (Wildman–Crippen MR) is 51.9 cm³/mol. The van der Waals surface area contributed by atoms with Crippen LogP contribution in [-0.2, 0) is 4.52 Å². The van der Waals surface area contributed by atoms with Crippen LogP contribution in [0.1, 0.15) is 27.7 Å². The Hall–Kier alpha value is 0.640. The highest BCUT2D eigenvalue weighted by Gasteiger charge is 2.21. The molecule has 0 amide bonds. The number of rotatable bonds is 4. The fourth-order valence-electron chi connectivity index (χ4n) is 1.05. The first-order valence-electron chi connectivity index (χ1n) is 3.79. The Morgan fingerprint density at radius 1 is 1.18 bits per heavy atom.